The lowest BCUT2D eigenvalue weighted by atomic mass is 10.0. The van der Waals surface area contributed by atoms with Gasteiger partial charge in [0.1, 0.15) is 17.5 Å². The van der Waals surface area contributed by atoms with Crippen molar-refractivity contribution in [2.45, 2.75) is 0 Å². The minimum atomic E-state index is -0.571. The van der Waals surface area contributed by atoms with Gasteiger partial charge in [-0.2, -0.15) is 5.26 Å². The Morgan fingerprint density at radius 3 is 2.50 bits per heavy atom. The number of carbonyl (C=O) groups excluding carboxylic acids is 2. The largest absolute Gasteiger partial charge is 0.340 e. The number of nitrogens with one attached hydrogen (secondary N) is 2. The second kappa shape index (κ2) is 6.36. The van der Waals surface area contributed by atoms with Crippen LogP contribution in [-0.2, 0) is 0 Å². The molecule has 2 N–H and O–H groups in total. The number of nitriles is 1. The molecule has 118 valence electrons. The van der Waals surface area contributed by atoms with Crippen LogP contribution >= 0.6 is 23.2 Å². The number of halogens is 2. The highest BCUT2D eigenvalue weighted by Crippen LogP contribution is 2.26. The molecule has 0 unspecified atom stereocenters. The van der Waals surface area contributed by atoms with E-state index < -0.39 is 11.7 Å². The van der Waals surface area contributed by atoms with E-state index in [-0.39, 0.29) is 22.0 Å². The third-order valence-electron chi connectivity index (χ3n) is 3.44. The predicted molar refractivity (Wildman–Crippen MR) is 91.0 cm³/mol. The van der Waals surface area contributed by atoms with E-state index in [0.29, 0.717) is 16.3 Å². The van der Waals surface area contributed by atoms with Crippen LogP contribution in [0.25, 0.3) is 0 Å². The number of Topliss-reactive ketones (excluding diaryl/α,β-unsaturated/α-hetero) is 1. The molecule has 24 heavy (non-hydrogen) atoms. The fourth-order valence-corrected chi connectivity index (χ4v) is 2.56. The normalized spacial score (nSPS) is 14.8. The van der Waals surface area contributed by atoms with Gasteiger partial charge in [-0.25, -0.2) is 0 Å². The van der Waals surface area contributed by atoms with Gasteiger partial charge in [-0.3, -0.25) is 9.59 Å². The van der Waals surface area contributed by atoms with Crippen molar-refractivity contribution in [1.82, 2.24) is 5.32 Å². The van der Waals surface area contributed by atoms with Gasteiger partial charge in [-0.1, -0.05) is 35.3 Å². The van der Waals surface area contributed by atoms with Crippen LogP contribution in [0.15, 0.2) is 53.9 Å². The molecule has 0 aliphatic carbocycles. The van der Waals surface area contributed by atoms with Crippen LogP contribution in [0.5, 0.6) is 0 Å². The Kier molecular flexibility index (Phi) is 4.26. The molecule has 3 rings (SSSR count). The third kappa shape index (κ3) is 2.85. The van der Waals surface area contributed by atoms with Crippen molar-refractivity contribution >= 4 is 40.6 Å². The maximum absolute atomic E-state index is 12.6. The molecule has 2 aromatic rings. The van der Waals surface area contributed by atoms with Gasteiger partial charge in [0.25, 0.3) is 5.91 Å². The zero-order valence-electron chi connectivity index (χ0n) is 12.1. The maximum Gasteiger partial charge on any atom is 0.258 e. The van der Waals surface area contributed by atoms with Gasteiger partial charge in [0, 0.05) is 5.56 Å². The van der Waals surface area contributed by atoms with Crippen LogP contribution in [0.3, 0.4) is 0 Å². The van der Waals surface area contributed by atoms with Crippen LogP contribution in [0.2, 0.25) is 10.0 Å². The van der Waals surface area contributed by atoms with Crippen molar-refractivity contribution in [2.24, 2.45) is 0 Å². The van der Waals surface area contributed by atoms with E-state index in [9.17, 15) is 14.9 Å². The topological polar surface area (TPSA) is 82.0 Å². The van der Waals surface area contributed by atoms with Crippen molar-refractivity contribution in [3.63, 3.8) is 0 Å². The molecular formula is C17H9Cl2N3O2. The third-order valence-corrected chi connectivity index (χ3v) is 4.18. The summed E-state index contributed by atoms with van der Waals surface area (Å²) in [6.45, 7) is 0. The van der Waals surface area contributed by atoms with Gasteiger partial charge >= 0.3 is 0 Å². The van der Waals surface area contributed by atoms with E-state index in [0.717, 1.165) is 0 Å². The van der Waals surface area contributed by atoms with Gasteiger partial charge < -0.3 is 10.6 Å². The zero-order chi connectivity index (χ0) is 17.3. The van der Waals surface area contributed by atoms with E-state index in [2.05, 4.69) is 10.6 Å². The van der Waals surface area contributed by atoms with Gasteiger partial charge in [-0.15, -0.1) is 0 Å². The van der Waals surface area contributed by atoms with Crippen molar-refractivity contribution in [2.75, 3.05) is 5.32 Å². The average Bonchev–Trinajstić information content (AvgIpc) is 2.58. The number of hydrogen-bond acceptors (Lipinski definition) is 4. The lowest BCUT2D eigenvalue weighted by Crippen LogP contribution is -2.34. The molecule has 0 saturated carbocycles. The second-order valence-corrected chi connectivity index (χ2v) is 5.76. The van der Waals surface area contributed by atoms with Crippen molar-refractivity contribution in [1.29, 1.82) is 5.26 Å². The lowest BCUT2D eigenvalue weighted by molar-refractivity contribution is 0.0963. The van der Waals surface area contributed by atoms with E-state index in [4.69, 9.17) is 23.2 Å². The molecule has 1 aliphatic heterocycles. The molecule has 0 spiro atoms. The number of para-hydroxylation sites is 1. The van der Waals surface area contributed by atoms with E-state index in [1.807, 2.05) is 6.07 Å². The molecule has 0 saturated heterocycles. The Balaban J connectivity index is 2.04. The number of nitrogens with zero attached hydrogens (tertiary/aromatic N) is 1. The number of anilines is 1. The summed E-state index contributed by atoms with van der Waals surface area (Å²) in [7, 11) is 0. The summed E-state index contributed by atoms with van der Waals surface area (Å²) < 4.78 is 0. The first-order valence-corrected chi connectivity index (χ1v) is 7.58. The van der Waals surface area contributed by atoms with E-state index in [1.54, 1.807) is 24.3 Å². The number of hydrogen-bond donors (Lipinski definition) is 2. The van der Waals surface area contributed by atoms with Crippen LogP contribution in [0, 0.1) is 11.3 Å². The molecule has 1 aliphatic rings. The van der Waals surface area contributed by atoms with Crippen LogP contribution in [-0.4, -0.2) is 11.7 Å². The van der Waals surface area contributed by atoms with E-state index >= 15 is 0 Å². The number of allylic oxidation sites excluding steroid dienone is 1. The summed E-state index contributed by atoms with van der Waals surface area (Å²) in [6.07, 6.45) is 0. The minimum Gasteiger partial charge on any atom is -0.340 e. The predicted octanol–water partition coefficient (Wildman–Crippen LogP) is 3.77. The summed E-state index contributed by atoms with van der Waals surface area (Å²) >= 11 is 11.7. The molecule has 1 heterocycles. The van der Waals surface area contributed by atoms with Crippen molar-refractivity contribution in [3.8, 4) is 6.07 Å². The number of ketones is 1. The minimum absolute atomic E-state index is 0.0391. The number of rotatable bonds is 2. The molecule has 5 nitrogen and oxygen atoms in total. The lowest BCUT2D eigenvalue weighted by Gasteiger charge is -2.22. The number of amides is 1. The standard InChI is InChI=1S/C17H9Cl2N3O2/c18-12-6-5-9(7-13(12)19)15(23)11(8-20)16-21-14-4-2-1-3-10(14)17(24)22-16/h1-7,21H,(H,22,24)/b16-11+. The molecule has 0 bridgehead atoms. The van der Waals surface area contributed by atoms with Gasteiger partial charge in [0.15, 0.2) is 0 Å². The van der Waals surface area contributed by atoms with E-state index in [1.165, 1.54) is 18.2 Å². The second-order valence-electron chi connectivity index (χ2n) is 4.94. The van der Waals surface area contributed by atoms with Gasteiger partial charge in [0.2, 0.25) is 5.78 Å². The van der Waals surface area contributed by atoms with Crippen molar-refractivity contribution in [3.05, 3.63) is 75.0 Å². The molecular weight excluding hydrogens is 349 g/mol. The number of benzene rings is 2. The summed E-state index contributed by atoms with van der Waals surface area (Å²) in [6, 6.07) is 12.9. The highest BCUT2D eigenvalue weighted by Gasteiger charge is 2.25. The average molecular weight is 358 g/mol. The quantitative estimate of drug-likeness (QED) is 0.486. The monoisotopic (exact) mass is 357 g/mol. The Hall–Kier alpha value is -2.81. The zero-order valence-corrected chi connectivity index (χ0v) is 13.6. The summed E-state index contributed by atoms with van der Waals surface area (Å²) in [4.78, 5) is 24.7. The fraction of sp³-hybridized carbons (Fsp3) is 0. The Bertz CT molecular complexity index is 945. The molecule has 0 radical (unpaired) electrons. The Labute approximate surface area is 147 Å². The van der Waals surface area contributed by atoms with Crippen LogP contribution < -0.4 is 10.6 Å². The molecule has 7 heteroatoms. The summed E-state index contributed by atoms with van der Waals surface area (Å²) in [5.41, 5.74) is 0.922. The molecule has 2 aromatic carbocycles. The summed E-state index contributed by atoms with van der Waals surface area (Å²) in [5, 5.41) is 15.3. The first kappa shape index (κ1) is 16.1. The number of fused-ring (bicyclic) bond motifs is 1. The highest BCUT2D eigenvalue weighted by molar-refractivity contribution is 6.42. The summed E-state index contributed by atoms with van der Waals surface area (Å²) in [5.74, 6) is -0.926. The molecule has 0 atom stereocenters. The number of carbonyl (C=O) groups is 2. The smallest absolute Gasteiger partial charge is 0.258 e. The molecule has 1 amide bonds. The fourth-order valence-electron chi connectivity index (χ4n) is 2.26. The van der Waals surface area contributed by atoms with Crippen LogP contribution in [0.4, 0.5) is 5.69 Å². The highest BCUT2D eigenvalue weighted by atomic mass is 35.5. The van der Waals surface area contributed by atoms with Crippen LogP contribution in [0.1, 0.15) is 20.7 Å². The first-order chi connectivity index (χ1) is 11.5. The Morgan fingerprint density at radius 1 is 1.04 bits per heavy atom. The van der Waals surface area contributed by atoms with Gasteiger partial charge in [0.05, 0.1) is 21.3 Å². The SMILES string of the molecule is N#C/C(C(=O)c1ccc(Cl)c(Cl)c1)=C1\NC(=O)c2ccccc2N1. The van der Waals surface area contributed by atoms with Crippen molar-refractivity contribution < 1.29 is 9.59 Å². The molecule has 0 fully saturated rings. The first-order valence-electron chi connectivity index (χ1n) is 6.83. The molecule has 0 aromatic heterocycles. The maximum atomic E-state index is 12.6. The van der Waals surface area contributed by atoms with Gasteiger partial charge in [-0.05, 0) is 30.3 Å². The Morgan fingerprint density at radius 2 is 1.79 bits per heavy atom.